The van der Waals surface area contributed by atoms with E-state index in [4.69, 9.17) is 4.74 Å². The lowest BCUT2D eigenvalue weighted by atomic mass is 10.1. The van der Waals surface area contributed by atoms with Crippen molar-refractivity contribution in [2.45, 2.75) is 19.8 Å². The molecule has 1 amide bonds. The normalized spacial score (nSPS) is 18.4. The van der Waals surface area contributed by atoms with E-state index >= 15 is 0 Å². The third-order valence-corrected chi connectivity index (χ3v) is 3.28. The molecular weight excluding hydrogens is 242 g/mol. The summed E-state index contributed by atoms with van der Waals surface area (Å²) in [7, 11) is 0. The highest BCUT2D eigenvalue weighted by molar-refractivity contribution is 5.94. The van der Waals surface area contributed by atoms with Crippen molar-refractivity contribution in [1.82, 2.24) is 4.90 Å². The smallest absolute Gasteiger partial charge is 0.310 e. The van der Waals surface area contributed by atoms with Crippen LogP contribution in [-0.2, 0) is 9.53 Å². The van der Waals surface area contributed by atoms with E-state index in [0.29, 0.717) is 31.7 Å². The molecule has 1 saturated heterocycles. The molecule has 1 fully saturated rings. The van der Waals surface area contributed by atoms with Crippen molar-refractivity contribution in [2.75, 3.05) is 19.7 Å². The maximum atomic E-state index is 12.2. The van der Waals surface area contributed by atoms with Crippen LogP contribution in [-0.4, -0.2) is 36.5 Å². The van der Waals surface area contributed by atoms with Gasteiger partial charge in [0, 0.05) is 18.7 Å². The summed E-state index contributed by atoms with van der Waals surface area (Å²) in [4.78, 5) is 25.7. The first-order chi connectivity index (χ1) is 9.22. The third kappa shape index (κ3) is 3.34. The Bertz CT molecular complexity index is 444. The molecule has 1 aromatic carbocycles. The number of ether oxygens (including phenoxy) is 1. The molecular formula is C15H19NO3. The van der Waals surface area contributed by atoms with E-state index < -0.39 is 0 Å². The minimum absolute atomic E-state index is 0.00797. The molecule has 4 nitrogen and oxygen atoms in total. The molecule has 1 aliphatic rings. The summed E-state index contributed by atoms with van der Waals surface area (Å²) in [6.45, 7) is 3.52. The number of rotatable bonds is 4. The Morgan fingerprint density at radius 3 is 2.74 bits per heavy atom. The quantitative estimate of drug-likeness (QED) is 0.780. The molecule has 102 valence electrons. The lowest BCUT2D eigenvalue weighted by molar-refractivity contribution is -0.148. The van der Waals surface area contributed by atoms with E-state index in [2.05, 4.69) is 0 Å². The number of carbonyl (C=O) groups is 2. The summed E-state index contributed by atoms with van der Waals surface area (Å²) >= 11 is 0. The standard InChI is InChI=1S/C15H19NO3/c1-2-10-19-15(18)13-8-9-16(11-13)14(17)12-6-4-3-5-7-12/h3-7,13H,2,8-11H2,1H3. The average Bonchev–Trinajstić information content (AvgIpc) is 2.94. The van der Waals surface area contributed by atoms with Gasteiger partial charge in [0.05, 0.1) is 12.5 Å². The summed E-state index contributed by atoms with van der Waals surface area (Å²) in [5.41, 5.74) is 0.671. The fourth-order valence-corrected chi connectivity index (χ4v) is 2.22. The van der Waals surface area contributed by atoms with Crippen LogP contribution in [0.3, 0.4) is 0 Å². The number of hydrogen-bond donors (Lipinski definition) is 0. The fourth-order valence-electron chi connectivity index (χ4n) is 2.22. The first-order valence-corrected chi connectivity index (χ1v) is 6.73. The lowest BCUT2D eigenvalue weighted by Gasteiger charge is -2.16. The lowest BCUT2D eigenvalue weighted by Crippen LogP contribution is -2.30. The molecule has 0 spiro atoms. The maximum absolute atomic E-state index is 12.2. The van der Waals surface area contributed by atoms with E-state index in [9.17, 15) is 9.59 Å². The van der Waals surface area contributed by atoms with Crippen LogP contribution in [0.1, 0.15) is 30.1 Å². The molecule has 19 heavy (non-hydrogen) atoms. The molecule has 1 aromatic rings. The molecule has 0 N–H and O–H groups in total. The molecule has 2 rings (SSSR count). The van der Waals surface area contributed by atoms with E-state index in [1.807, 2.05) is 25.1 Å². The van der Waals surface area contributed by atoms with Gasteiger partial charge in [0.15, 0.2) is 0 Å². The van der Waals surface area contributed by atoms with Gasteiger partial charge in [0.2, 0.25) is 0 Å². The van der Waals surface area contributed by atoms with Crippen molar-refractivity contribution >= 4 is 11.9 Å². The molecule has 0 aliphatic carbocycles. The molecule has 1 atom stereocenters. The third-order valence-electron chi connectivity index (χ3n) is 3.28. The molecule has 0 aromatic heterocycles. The van der Waals surface area contributed by atoms with Crippen LogP contribution in [0.25, 0.3) is 0 Å². The average molecular weight is 261 g/mol. The van der Waals surface area contributed by atoms with Crippen LogP contribution in [0.4, 0.5) is 0 Å². The second kappa shape index (κ2) is 6.36. The second-order valence-corrected chi connectivity index (χ2v) is 4.77. The number of nitrogens with zero attached hydrogens (tertiary/aromatic N) is 1. The second-order valence-electron chi connectivity index (χ2n) is 4.77. The zero-order valence-electron chi connectivity index (χ0n) is 11.2. The van der Waals surface area contributed by atoms with Gasteiger partial charge >= 0.3 is 5.97 Å². The Hall–Kier alpha value is -1.84. The van der Waals surface area contributed by atoms with E-state index in [-0.39, 0.29) is 17.8 Å². The first kappa shape index (κ1) is 13.6. The predicted octanol–water partition coefficient (Wildman–Crippen LogP) is 2.10. The maximum Gasteiger partial charge on any atom is 0.310 e. The number of amides is 1. The summed E-state index contributed by atoms with van der Waals surface area (Å²) in [6, 6.07) is 9.16. The molecule has 4 heteroatoms. The van der Waals surface area contributed by atoms with Crippen LogP contribution in [0, 0.1) is 5.92 Å². The van der Waals surface area contributed by atoms with Gasteiger partial charge in [0.25, 0.3) is 5.91 Å². The topological polar surface area (TPSA) is 46.6 Å². The minimum Gasteiger partial charge on any atom is -0.465 e. The van der Waals surface area contributed by atoms with Gasteiger partial charge in [-0.15, -0.1) is 0 Å². The summed E-state index contributed by atoms with van der Waals surface area (Å²) in [5.74, 6) is -0.351. The number of carbonyl (C=O) groups excluding carboxylic acids is 2. The molecule has 1 unspecified atom stereocenters. The highest BCUT2D eigenvalue weighted by Gasteiger charge is 2.32. The van der Waals surface area contributed by atoms with Crippen molar-refractivity contribution in [2.24, 2.45) is 5.92 Å². The molecule has 1 heterocycles. The fraction of sp³-hybridized carbons (Fsp3) is 0.467. The molecule has 0 bridgehead atoms. The summed E-state index contributed by atoms with van der Waals surface area (Å²) in [5, 5.41) is 0. The first-order valence-electron chi connectivity index (χ1n) is 6.73. The highest BCUT2D eigenvalue weighted by Crippen LogP contribution is 2.20. The number of likely N-dealkylation sites (tertiary alicyclic amines) is 1. The number of esters is 1. The van der Waals surface area contributed by atoms with Gasteiger partial charge in [-0.25, -0.2) is 0 Å². The van der Waals surface area contributed by atoms with Crippen LogP contribution in [0.2, 0.25) is 0 Å². The molecule has 0 saturated carbocycles. The summed E-state index contributed by atoms with van der Waals surface area (Å²) in [6.07, 6.45) is 1.52. The van der Waals surface area contributed by atoms with Gasteiger partial charge in [0.1, 0.15) is 0 Å². The van der Waals surface area contributed by atoms with Gasteiger partial charge in [-0.2, -0.15) is 0 Å². The van der Waals surface area contributed by atoms with E-state index in [0.717, 1.165) is 6.42 Å². The minimum atomic E-state index is -0.176. The van der Waals surface area contributed by atoms with Gasteiger partial charge in [-0.3, -0.25) is 9.59 Å². The zero-order chi connectivity index (χ0) is 13.7. The summed E-state index contributed by atoms with van der Waals surface area (Å²) < 4.78 is 5.13. The van der Waals surface area contributed by atoms with Crippen molar-refractivity contribution in [3.8, 4) is 0 Å². The zero-order valence-corrected chi connectivity index (χ0v) is 11.2. The largest absolute Gasteiger partial charge is 0.465 e. The van der Waals surface area contributed by atoms with Gasteiger partial charge in [-0.05, 0) is 25.0 Å². The number of hydrogen-bond acceptors (Lipinski definition) is 3. The van der Waals surface area contributed by atoms with Crippen molar-refractivity contribution in [3.05, 3.63) is 35.9 Å². The van der Waals surface area contributed by atoms with E-state index in [1.54, 1.807) is 17.0 Å². The van der Waals surface area contributed by atoms with Crippen LogP contribution < -0.4 is 0 Å². The van der Waals surface area contributed by atoms with Crippen molar-refractivity contribution < 1.29 is 14.3 Å². The Labute approximate surface area is 113 Å². The molecule has 1 aliphatic heterocycles. The predicted molar refractivity (Wildman–Crippen MR) is 71.7 cm³/mol. The van der Waals surface area contributed by atoms with Crippen LogP contribution in [0.15, 0.2) is 30.3 Å². The van der Waals surface area contributed by atoms with Crippen molar-refractivity contribution in [1.29, 1.82) is 0 Å². The van der Waals surface area contributed by atoms with Crippen LogP contribution >= 0.6 is 0 Å². The number of benzene rings is 1. The molecule has 0 radical (unpaired) electrons. The SMILES string of the molecule is CCCOC(=O)C1CCN(C(=O)c2ccccc2)C1. The van der Waals surface area contributed by atoms with E-state index in [1.165, 1.54) is 0 Å². The Balaban J connectivity index is 1.91. The van der Waals surface area contributed by atoms with Crippen LogP contribution in [0.5, 0.6) is 0 Å². The monoisotopic (exact) mass is 261 g/mol. The van der Waals surface area contributed by atoms with Gasteiger partial charge in [-0.1, -0.05) is 25.1 Å². The van der Waals surface area contributed by atoms with Crippen molar-refractivity contribution in [3.63, 3.8) is 0 Å². The highest BCUT2D eigenvalue weighted by atomic mass is 16.5. The Morgan fingerprint density at radius 1 is 1.32 bits per heavy atom. The van der Waals surface area contributed by atoms with Gasteiger partial charge < -0.3 is 9.64 Å². The Morgan fingerprint density at radius 2 is 2.05 bits per heavy atom. The Kier molecular flexibility index (Phi) is 4.55.